The van der Waals surface area contributed by atoms with Crippen LogP contribution in [0.2, 0.25) is 5.02 Å². The normalized spacial score (nSPS) is 13.6. The summed E-state index contributed by atoms with van der Waals surface area (Å²) in [5, 5.41) is 14.4. The van der Waals surface area contributed by atoms with E-state index >= 15 is 0 Å². The highest BCUT2D eigenvalue weighted by molar-refractivity contribution is 6.38. The molecule has 1 aliphatic carbocycles. The number of benzene rings is 1. The van der Waals surface area contributed by atoms with E-state index in [2.05, 4.69) is 29.5 Å². The van der Waals surface area contributed by atoms with Crippen molar-refractivity contribution in [3.63, 3.8) is 0 Å². The lowest BCUT2D eigenvalue weighted by Crippen LogP contribution is -2.16. The van der Waals surface area contributed by atoms with Crippen LogP contribution in [0.3, 0.4) is 0 Å². The lowest BCUT2D eigenvalue weighted by molar-refractivity contribution is 0.102. The van der Waals surface area contributed by atoms with Gasteiger partial charge in [-0.15, -0.1) is 0 Å². The van der Waals surface area contributed by atoms with Crippen molar-refractivity contribution in [2.75, 3.05) is 10.6 Å². The van der Waals surface area contributed by atoms with E-state index in [4.69, 9.17) is 17.0 Å². The Bertz CT molecular complexity index is 842. The van der Waals surface area contributed by atoms with Crippen LogP contribution in [0.15, 0.2) is 30.5 Å². The molecular formula is C20H23ClN4O. The van der Waals surface area contributed by atoms with E-state index in [0.29, 0.717) is 29.0 Å². The Kier molecular flexibility index (Phi) is 5.28. The van der Waals surface area contributed by atoms with Crippen molar-refractivity contribution in [2.45, 2.75) is 45.6 Å². The van der Waals surface area contributed by atoms with Gasteiger partial charge in [-0.25, -0.2) is 4.98 Å². The lowest BCUT2D eigenvalue weighted by atomic mass is 10.0. The Hall–Kier alpha value is -2.40. The zero-order valence-electron chi connectivity index (χ0n) is 15.2. The van der Waals surface area contributed by atoms with Gasteiger partial charge in [0.05, 0.1) is 16.1 Å². The molecule has 0 aliphatic heterocycles. The maximum atomic E-state index is 12.6. The molecule has 136 valence electrons. The van der Waals surface area contributed by atoms with E-state index in [1.165, 1.54) is 11.8 Å². The van der Waals surface area contributed by atoms with Crippen LogP contribution < -0.4 is 10.6 Å². The smallest absolute Gasteiger partial charge is 0.258 e. The highest BCUT2D eigenvalue weighted by Gasteiger charge is 2.25. The molecule has 5 nitrogen and oxygen atoms in total. The van der Waals surface area contributed by atoms with Gasteiger partial charge in [0.25, 0.3) is 5.91 Å². The maximum Gasteiger partial charge on any atom is 0.258 e. The topological polar surface area (TPSA) is 77.9 Å². The number of rotatable bonds is 6. The predicted octanol–water partition coefficient (Wildman–Crippen LogP) is 5.07. The minimum atomic E-state index is -0.333. The molecule has 1 aliphatic rings. The number of pyridine rings is 1. The second-order valence-corrected chi connectivity index (χ2v) is 7.36. The largest absolute Gasteiger partial charge is 0.367 e. The fraction of sp³-hybridized carbons (Fsp3) is 0.350. The highest BCUT2D eigenvalue weighted by Crippen LogP contribution is 2.31. The number of halogens is 1. The molecule has 1 amide bonds. The molecular weight excluding hydrogens is 348 g/mol. The monoisotopic (exact) mass is 370 g/mol. The molecule has 0 radical (unpaired) electrons. The van der Waals surface area contributed by atoms with Gasteiger partial charge in [0, 0.05) is 23.6 Å². The summed E-state index contributed by atoms with van der Waals surface area (Å²) in [4.78, 5) is 17.0. The van der Waals surface area contributed by atoms with E-state index < -0.39 is 0 Å². The fourth-order valence-corrected chi connectivity index (χ4v) is 3.04. The van der Waals surface area contributed by atoms with Gasteiger partial charge in [0.15, 0.2) is 0 Å². The van der Waals surface area contributed by atoms with Crippen LogP contribution in [0, 0.1) is 5.41 Å². The zero-order chi connectivity index (χ0) is 18.8. The van der Waals surface area contributed by atoms with Gasteiger partial charge in [0.2, 0.25) is 0 Å². The maximum absolute atomic E-state index is 12.6. The second kappa shape index (κ2) is 7.46. The van der Waals surface area contributed by atoms with Gasteiger partial charge in [0.1, 0.15) is 5.82 Å². The molecule has 0 spiro atoms. The van der Waals surface area contributed by atoms with Crippen molar-refractivity contribution in [2.24, 2.45) is 0 Å². The van der Waals surface area contributed by atoms with E-state index in [0.717, 1.165) is 12.8 Å². The first-order valence-electron chi connectivity index (χ1n) is 8.78. The van der Waals surface area contributed by atoms with Gasteiger partial charge in [-0.1, -0.05) is 37.6 Å². The first-order valence-corrected chi connectivity index (χ1v) is 9.16. The number of hydrogen-bond acceptors (Lipinski definition) is 4. The molecule has 26 heavy (non-hydrogen) atoms. The zero-order valence-corrected chi connectivity index (χ0v) is 15.9. The third-order valence-corrected chi connectivity index (χ3v) is 4.78. The van der Waals surface area contributed by atoms with Gasteiger partial charge >= 0.3 is 0 Å². The minimum absolute atomic E-state index is 0.256. The minimum Gasteiger partial charge on any atom is -0.367 e. The first kappa shape index (κ1) is 18.4. The van der Waals surface area contributed by atoms with Crippen molar-refractivity contribution < 1.29 is 4.79 Å². The van der Waals surface area contributed by atoms with Crippen molar-refractivity contribution >= 4 is 34.7 Å². The summed E-state index contributed by atoms with van der Waals surface area (Å²) < 4.78 is 0. The van der Waals surface area contributed by atoms with Crippen molar-refractivity contribution in [1.82, 2.24) is 4.98 Å². The van der Waals surface area contributed by atoms with Gasteiger partial charge in [-0.05, 0) is 43.4 Å². The van der Waals surface area contributed by atoms with E-state index in [1.807, 2.05) is 24.3 Å². The molecule has 1 saturated carbocycles. The summed E-state index contributed by atoms with van der Waals surface area (Å²) in [6.45, 7) is 5.89. The summed E-state index contributed by atoms with van der Waals surface area (Å²) in [5.74, 6) is 0.672. The second-order valence-electron chi connectivity index (χ2n) is 6.98. The van der Waals surface area contributed by atoms with E-state index in [-0.39, 0.29) is 22.2 Å². The fourth-order valence-electron chi connectivity index (χ4n) is 2.67. The van der Waals surface area contributed by atoms with Crippen molar-refractivity contribution in [3.8, 4) is 0 Å². The number of hydrogen-bond donors (Lipinski definition) is 3. The Labute approximate surface area is 158 Å². The SMILES string of the molecule is CC(=N)c1c(NC2CC2)ncc(C(=O)Nc2ccc(C(C)C)cc2)c1Cl. The molecule has 0 unspecified atom stereocenters. The summed E-state index contributed by atoms with van der Waals surface area (Å²) in [6, 6.07) is 8.13. The van der Waals surface area contributed by atoms with E-state index in [9.17, 15) is 4.79 Å². The predicted molar refractivity (Wildman–Crippen MR) is 107 cm³/mol. The highest BCUT2D eigenvalue weighted by atomic mass is 35.5. The van der Waals surface area contributed by atoms with Crippen LogP contribution in [-0.4, -0.2) is 22.6 Å². The molecule has 1 fully saturated rings. The third kappa shape index (κ3) is 4.05. The van der Waals surface area contributed by atoms with Crippen LogP contribution in [0.5, 0.6) is 0 Å². The van der Waals surface area contributed by atoms with Crippen LogP contribution in [0.25, 0.3) is 0 Å². The van der Waals surface area contributed by atoms with E-state index in [1.54, 1.807) is 6.92 Å². The average molecular weight is 371 g/mol. The lowest BCUT2D eigenvalue weighted by Gasteiger charge is -2.14. The average Bonchev–Trinajstić information content (AvgIpc) is 3.39. The summed E-state index contributed by atoms with van der Waals surface area (Å²) in [5.41, 5.74) is 2.94. The number of anilines is 2. The Balaban J connectivity index is 1.84. The molecule has 3 rings (SSSR count). The molecule has 0 atom stereocenters. The Morgan fingerprint density at radius 3 is 2.46 bits per heavy atom. The number of amides is 1. The number of nitrogens with one attached hydrogen (secondary N) is 3. The van der Waals surface area contributed by atoms with Crippen LogP contribution in [-0.2, 0) is 0 Å². The molecule has 2 aromatic rings. The van der Waals surface area contributed by atoms with Crippen molar-refractivity contribution in [1.29, 1.82) is 5.41 Å². The van der Waals surface area contributed by atoms with Crippen LogP contribution in [0.4, 0.5) is 11.5 Å². The van der Waals surface area contributed by atoms with Crippen LogP contribution >= 0.6 is 11.6 Å². The van der Waals surface area contributed by atoms with Gasteiger partial charge < -0.3 is 16.0 Å². The molecule has 1 aromatic heterocycles. The van der Waals surface area contributed by atoms with Crippen LogP contribution in [0.1, 0.15) is 61.0 Å². The molecule has 3 N–H and O–H groups in total. The molecule has 0 saturated heterocycles. The molecule has 1 heterocycles. The number of carbonyl (C=O) groups is 1. The number of aromatic nitrogens is 1. The number of carbonyl (C=O) groups excluding carboxylic acids is 1. The molecule has 1 aromatic carbocycles. The molecule has 0 bridgehead atoms. The Morgan fingerprint density at radius 1 is 1.27 bits per heavy atom. The van der Waals surface area contributed by atoms with Gasteiger partial charge in [-0.3, -0.25) is 4.79 Å². The first-order chi connectivity index (χ1) is 12.4. The number of nitrogens with zero attached hydrogens (tertiary/aromatic N) is 1. The summed E-state index contributed by atoms with van der Waals surface area (Å²) in [6.07, 6.45) is 3.64. The molecule has 6 heteroatoms. The summed E-state index contributed by atoms with van der Waals surface area (Å²) >= 11 is 6.46. The quantitative estimate of drug-likeness (QED) is 0.621. The van der Waals surface area contributed by atoms with Crippen molar-refractivity contribution in [3.05, 3.63) is 52.2 Å². The third-order valence-electron chi connectivity index (χ3n) is 4.39. The Morgan fingerprint density at radius 2 is 1.92 bits per heavy atom. The standard InChI is InChI=1S/C20H23ClN4O/c1-11(2)13-4-6-15(7-5-13)25-20(26)16-10-23-19(24-14-8-9-14)17(12(3)22)18(16)21/h4-7,10-11,14,22H,8-9H2,1-3H3,(H,23,24)(H,25,26). The summed E-state index contributed by atoms with van der Waals surface area (Å²) in [7, 11) is 0. The van der Waals surface area contributed by atoms with Gasteiger partial charge in [-0.2, -0.15) is 0 Å².